The van der Waals surface area contributed by atoms with Crippen molar-refractivity contribution in [1.82, 2.24) is 0 Å². The SMILES string of the molecule is CC[Si](/C=C/Oc1ccccc1)(CC)CC. The molecule has 1 rings (SSSR count). The van der Waals surface area contributed by atoms with Gasteiger partial charge in [0, 0.05) is 0 Å². The molecule has 0 bridgehead atoms. The summed E-state index contributed by atoms with van der Waals surface area (Å²) in [6.45, 7) is 6.89. The number of para-hydroxylation sites is 1. The largest absolute Gasteiger partial charge is 0.466 e. The van der Waals surface area contributed by atoms with Gasteiger partial charge in [-0.25, -0.2) is 0 Å². The van der Waals surface area contributed by atoms with Crippen LogP contribution in [0.4, 0.5) is 0 Å². The molecule has 0 spiro atoms. The van der Waals surface area contributed by atoms with E-state index in [1.807, 2.05) is 36.6 Å². The van der Waals surface area contributed by atoms with E-state index in [0.717, 1.165) is 5.75 Å². The maximum atomic E-state index is 5.62. The van der Waals surface area contributed by atoms with Gasteiger partial charge in [-0.05, 0) is 12.1 Å². The lowest BCUT2D eigenvalue weighted by Gasteiger charge is -2.23. The van der Waals surface area contributed by atoms with Crippen LogP contribution in [0.15, 0.2) is 42.3 Å². The van der Waals surface area contributed by atoms with Crippen molar-refractivity contribution in [2.75, 3.05) is 0 Å². The van der Waals surface area contributed by atoms with Crippen LogP contribution >= 0.6 is 0 Å². The Morgan fingerprint density at radius 3 is 2.06 bits per heavy atom. The highest BCUT2D eigenvalue weighted by molar-refractivity contribution is 6.84. The minimum absolute atomic E-state index is 0.921. The molecule has 1 nitrogen and oxygen atoms in total. The maximum absolute atomic E-state index is 5.62. The molecular weight excluding hydrogens is 212 g/mol. The highest BCUT2D eigenvalue weighted by Crippen LogP contribution is 2.21. The predicted octanol–water partition coefficient (Wildman–Crippen LogP) is 4.63. The molecule has 0 radical (unpaired) electrons. The summed E-state index contributed by atoms with van der Waals surface area (Å²) >= 11 is 0. The highest BCUT2D eigenvalue weighted by atomic mass is 28.3. The molecule has 0 unspecified atom stereocenters. The molecule has 0 atom stereocenters. The standard InChI is InChI=1S/C14H22OSi/c1-4-16(5-2,6-3)13-12-15-14-10-8-7-9-11-14/h7-13H,4-6H2,1-3H3/b13-12+. The van der Waals surface area contributed by atoms with Crippen LogP contribution in [0.2, 0.25) is 18.1 Å². The molecule has 0 N–H and O–H groups in total. The van der Waals surface area contributed by atoms with Gasteiger partial charge in [-0.2, -0.15) is 0 Å². The van der Waals surface area contributed by atoms with Gasteiger partial charge in [0.25, 0.3) is 0 Å². The van der Waals surface area contributed by atoms with Gasteiger partial charge in [0.1, 0.15) is 5.75 Å². The third-order valence-corrected chi connectivity index (χ3v) is 8.55. The number of benzene rings is 1. The van der Waals surface area contributed by atoms with Crippen molar-refractivity contribution in [3.05, 3.63) is 42.3 Å². The predicted molar refractivity (Wildman–Crippen MR) is 73.4 cm³/mol. The average Bonchev–Trinajstić information content (AvgIpc) is 2.37. The van der Waals surface area contributed by atoms with Crippen LogP contribution in [-0.4, -0.2) is 8.07 Å². The summed E-state index contributed by atoms with van der Waals surface area (Å²) in [5, 5.41) is 0. The molecule has 0 aliphatic carbocycles. The summed E-state index contributed by atoms with van der Waals surface area (Å²) in [7, 11) is -1.18. The van der Waals surface area contributed by atoms with Gasteiger partial charge >= 0.3 is 0 Å². The molecule has 1 aromatic rings. The second kappa shape index (κ2) is 6.54. The lowest BCUT2D eigenvalue weighted by molar-refractivity contribution is 0.482. The molecular formula is C14H22OSi. The molecule has 88 valence electrons. The normalized spacial score (nSPS) is 11.9. The molecule has 0 saturated heterocycles. The summed E-state index contributed by atoms with van der Waals surface area (Å²) < 4.78 is 5.62. The summed E-state index contributed by atoms with van der Waals surface area (Å²) in [4.78, 5) is 0. The van der Waals surface area contributed by atoms with Crippen molar-refractivity contribution in [3.8, 4) is 5.75 Å². The second-order valence-corrected chi connectivity index (χ2v) is 9.34. The van der Waals surface area contributed by atoms with Gasteiger partial charge in [0.05, 0.1) is 14.3 Å². The van der Waals surface area contributed by atoms with E-state index in [2.05, 4.69) is 26.5 Å². The Hall–Kier alpha value is -1.02. The van der Waals surface area contributed by atoms with Crippen LogP contribution in [0, 0.1) is 0 Å². The van der Waals surface area contributed by atoms with E-state index in [1.54, 1.807) is 0 Å². The van der Waals surface area contributed by atoms with E-state index in [4.69, 9.17) is 4.74 Å². The molecule has 0 heterocycles. The second-order valence-electron chi connectivity index (χ2n) is 4.16. The van der Waals surface area contributed by atoms with E-state index >= 15 is 0 Å². The third kappa shape index (κ3) is 3.53. The van der Waals surface area contributed by atoms with Crippen LogP contribution in [-0.2, 0) is 0 Å². The minimum Gasteiger partial charge on any atom is -0.466 e. The van der Waals surface area contributed by atoms with Gasteiger partial charge in [-0.15, -0.1) is 0 Å². The molecule has 0 saturated carbocycles. The van der Waals surface area contributed by atoms with Gasteiger partial charge < -0.3 is 4.74 Å². The van der Waals surface area contributed by atoms with E-state index < -0.39 is 8.07 Å². The first kappa shape index (κ1) is 13.0. The van der Waals surface area contributed by atoms with Crippen molar-refractivity contribution in [1.29, 1.82) is 0 Å². The number of hydrogen-bond acceptors (Lipinski definition) is 1. The van der Waals surface area contributed by atoms with Gasteiger partial charge in [-0.1, -0.05) is 62.8 Å². The van der Waals surface area contributed by atoms with Crippen molar-refractivity contribution in [2.24, 2.45) is 0 Å². The van der Waals surface area contributed by atoms with Gasteiger partial charge in [-0.3, -0.25) is 0 Å². The molecule has 1 aromatic carbocycles. The summed E-state index contributed by atoms with van der Waals surface area (Å²) in [6.07, 6.45) is 1.90. The summed E-state index contributed by atoms with van der Waals surface area (Å²) in [6, 6.07) is 13.9. The number of ether oxygens (including phenoxy) is 1. The summed E-state index contributed by atoms with van der Waals surface area (Å²) in [5.41, 5.74) is 2.35. The Bertz CT molecular complexity index is 307. The van der Waals surface area contributed by atoms with E-state index in [0.29, 0.717) is 0 Å². The molecule has 0 aromatic heterocycles. The van der Waals surface area contributed by atoms with Crippen molar-refractivity contribution in [2.45, 2.75) is 38.9 Å². The lowest BCUT2D eigenvalue weighted by atomic mass is 10.3. The fourth-order valence-corrected chi connectivity index (χ4v) is 4.42. The first-order valence-corrected chi connectivity index (χ1v) is 8.85. The van der Waals surface area contributed by atoms with Gasteiger partial charge in [0.2, 0.25) is 0 Å². The number of rotatable bonds is 6. The fraction of sp³-hybridized carbons (Fsp3) is 0.429. The fourth-order valence-electron chi connectivity index (χ4n) is 1.86. The molecule has 16 heavy (non-hydrogen) atoms. The Kier molecular flexibility index (Phi) is 5.33. The first-order valence-electron chi connectivity index (χ1n) is 6.15. The van der Waals surface area contributed by atoms with Crippen LogP contribution in [0.5, 0.6) is 5.75 Å². The average molecular weight is 234 g/mol. The molecule has 0 amide bonds. The molecule has 0 aliphatic heterocycles. The zero-order valence-electron chi connectivity index (χ0n) is 10.6. The van der Waals surface area contributed by atoms with Crippen LogP contribution in [0.3, 0.4) is 0 Å². The maximum Gasteiger partial charge on any atom is 0.126 e. The third-order valence-electron chi connectivity index (χ3n) is 3.48. The molecule has 0 fully saturated rings. The lowest BCUT2D eigenvalue weighted by Crippen LogP contribution is -2.28. The van der Waals surface area contributed by atoms with Crippen molar-refractivity contribution in [3.63, 3.8) is 0 Å². The van der Waals surface area contributed by atoms with E-state index in [9.17, 15) is 0 Å². The van der Waals surface area contributed by atoms with E-state index in [-0.39, 0.29) is 0 Å². The quantitative estimate of drug-likeness (QED) is 0.515. The Balaban J connectivity index is 2.59. The van der Waals surface area contributed by atoms with Crippen LogP contribution in [0.1, 0.15) is 20.8 Å². The Labute approximate surface area is 100 Å². The topological polar surface area (TPSA) is 9.23 Å². The Morgan fingerprint density at radius 1 is 1.00 bits per heavy atom. The van der Waals surface area contributed by atoms with Crippen molar-refractivity contribution < 1.29 is 4.74 Å². The highest BCUT2D eigenvalue weighted by Gasteiger charge is 2.22. The smallest absolute Gasteiger partial charge is 0.126 e. The summed E-state index contributed by atoms with van der Waals surface area (Å²) in [5.74, 6) is 0.921. The number of hydrogen-bond donors (Lipinski definition) is 0. The molecule has 0 aliphatic rings. The molecule has 2 heteroatoms. The minimum atomic E-state index is -1.18. The van der Waals surface area contributed by atoms with Gasteiger partial charge in [0.15, 0.2) is 0 Å². The van der Waals surface area contributed by atoms with Crippen LogP contribution < -0.4 is 4.74 Å². The monoisotopic (exact) mass is 234 g/mol. The zero-order chi connectivity index (χ0) is 11.9. The Morgan fingerprint density at radius 2 is 1.56 bits per heavy atom. The van der Waals surface area contributed by atoms with Crippen molar-refractivity contribution >= 4 is 8.07 Å². The first-order chi connectivity index (χ1) is 7.76. The zero-order valence-corrected chi connectivity index (χ0v) is 11.6. The van der Waals surface area contributed by atoms with E-state index in [1.165, 1.54) is 18.1 Å². The van der Waals surface area contributed by atoms with Crippen LogP contribution in [0.25, 0.3) is 0 Å².